The fourth-order valence-corrected chi connectivity index (χ4v) is 2.63. The summed E-state index contributed by atoms with van der Waals surface area (Å²) in [5.74, 6) is 2.29. The third kappa shape index (κ3) is 2.88. The van der Waals surface area contributed by atoms with Crippen LogP contribution in [0.25, 0.3) is 11.3 Å². The Kier molecular flexibility index (Phi) is 4.84. The molecule has 0 aliphatic carbocycles. The van der Waals surface area contributed by atoms with Crippen molar-refractivity contribution in [1.82, 2.24) is 4.98 Å². The zero-order valence-corrected chi connectivity index (χ0v) is 13.3. The third-order valence-electron chi connectivity index (χ3n) is 2.87. The van der Waals surface area contributed by atoms with Gasteiger partial charge in [-0.2, -0.15) is 0 Å². The predicted octanol–water partition coefficient (Wildman–Crippen LogP) is 3.96. The van der Waals surface area contributed by atoms with Gasteiger partial charge in [0.25, 0.3) is 0 Å². The fourth-order valence-electron chi connectivity index (χ4n) is 1.96. The molecule has 0 atom stereocenters. The molecule has 5 heteroatoms. The quantitative estimate of drug-likeness (QED) is 0.897. The van der Waals surface area contributed by atoms with E-state index >= 15 is 0 Å². The molecule has 1 heterocycles. The van der Waals surface area contributed by atoms with Gasteiger partial charge in [0, 0.05) is 12.1 Å². The number of aromatic nitrogens is 1. The van der Waals surface area contributed by atoms with Crippen LogP contribution < -0.4 is 14.8 Å². The van der Waals surface area contributed by atoms with Crippen LogP contribution in [0.1, 0.15) is 6.92 Å². The van der Waals surface area contributed by atoms with Gasteiger partial charge in [-0.25, -0.2) is 4.98 Å². The van der Waals surface area contributed by atoms with E-state index in [1.165, 1.54) is 0 Å². The lowest BCUT2D eigenvalue weighted by Crippen LogP contribution is -2.00. The Morgan fingerprint density at radius 1 is 1.15 bits per heavy atom. The molecule has 20 heavy (non-hydrogen) atoms. The molecule has 2 aromatic rings. The van der Waals surface area contributed by atoms with Crippen molar-refractivity contribution in [3.05, 3.63) is 34.8 Å². The maximum atomic E-state index is 5.49. The summed E-state index contributed by atoms with van der Waals surface area (Å²) in [5.41, 5.74) is 1.77. The van der Waals surface area contributed by atoms with E-state index < -0.39 is 0 Å². The van der Waals surface area contributed by atoms with E-state index in [-0.39, 0.29) is 0 Å². The van der Waals surface area contributed by atoms with E-state index in [1.54, 1.807) is 14.2 Å². The standard InChI is InChI=1S/C15H17BrN2O2/c1-4-17-13-7-5-6-11(18-13)10-8-9-12(19-2)14(16)15(10)20-3/h5-9H,4H2,1-3H3,(H,17,18). The molecular formula is C15H17BrN2O2. The van der Waals surface area contributed by atoms with Crippen molar-refractivity contribution in [1.29, 1.82) is 0 Å². The number of halogens is 1. The second-order valence-electron chi connectivity index (χ2n) is 4.10. The average Bonchev–Trinajstić information content (AvgIpc) is 2.47. The van der Waals surface area contributed by atoms with E-state index in [2.05, 4.69) is 26.2 Å². The molecule has 0 aliphatic heterocycles. The Morgan fingerprint density at radius 2 is 1.95 bits per heavy atom. The highest BCUT2D eigenvalue weighted by atomic mass is 79.9. The molecular weight excluding hydrogens is 320 g/mol. The summed E-state index contributed by atoms with van der Waals surface area (Å²) >= 11 is 3.51. The molecule has 0 saturated carbocycles. The zero-order chi connectivity index (χ0) is 14.5. The van der Waals surface area contributed by atoms with Gasteiger partial charge in [-0.05, 0) is 47.1 Å². The lowest BCUT2D eigenvalue weighted by molar-refractivity contribution is 0.390. The minimum atomic E-state index is 0.713. The van der Waals surface area contributed by atoms with Crippen molar-refractivity contribution in [2.24, 2.45) is 0 Å². The minimum Gasteiger partial charge on any atom is -0.495 e. The number of hydrogen-bond acceptors (Lipinski definition) is 4. The van der Waals surface area contributed by atoms with E-state index in [4.69, 9.17) is 9.47 Å². The second kappa shape index (κ2) is 6.61. The van der Waals surface area contributed by atoms with Crippen LogP contribution >= 0.6 is 15.9 Å². The van der Waals surface area contributed by atoms with Crippen molar-refractivity contribution < 1.29 is 9.47 Å². The van der Waals surface area contributed by atoms with Gasteiger partial charge in [0.1, 0.15) is 21.8 Å². The van der Waals surface area contributed by atoms with E-state index in [1.807, 2.05) is 37.3 Å². The normalized spacial score (nSPS) is 10.2. The van der Waals surface area contributed by atoms with E-state index in [0.29, 0.717) is 5.75 Å². The van der Waals surface area contributed by atoms with Gasteiger partial charge in [-0.3, -0.25) is 0 Å². The Bertz CT molecular complexity index is 602. The summed E-state index contributed by atoms with van der Waals surface area (Å²) in [4.78, 5) is 4.59. The molecule has 0 bridgehead atoms. The molecule has 0 aliphatic rings. The Morgan fingerprint density at radius 3 is 2.60 bits per heavy atom. The smallest absolute Gasteiger partial charge is 0.146 e. The molecule has 0 saturated heterocycles. The molecule has 106 valence electrons. The first-order valence-corrected chi connectivity index (χ1v) is 7.12. The summed E-state index contributed by atoms with van der Waals surface area (Å²) in [6.45, 7) is 2.87. The van der Waals surface area contributed by atoms with Crippen molar-refractivity contribution in [3.63, 3.8) is 0 Å². The highest BCUT2D eigenvalue weighted by Crippen LogP contribution is 2.41. The highest BCUT2D eigenvalue weighted by molar-refractivity contribution is 9.10. The lowest BCUT2D eigenvalue weighted by atomic mass is 10.1. The van der Waals surface area contributed by atoms with E-state index in [9.17, 15) is 0 Å². The van der Waals surface area contributed by atoms with Crippen LogP contribution in [0.5, 0.6) is 11.5 Å². The van der Waals surface area contributed by atoms with Crippen LogP contribution in [-0.4, -0.2) is 25.7 Å². The fraction of sp³-hybridized carbons (Fsp3) is 0.267. The zero-order valence-electron chi connectivity index (χ0n) is 11.7. The predicted molar refractivity (Wildman–Crippen MR) is 84.6 cm³/mol. The molecule has 2 rings (SSSR count). The first-order valence-electron chi connectivity index (χ1n) is 6.33. The van der Waals surface area contributed by atoms with Crippen molar-refractivity contribution in [2.75, 3.05) is 26.1 Å². The highest BCUT2D eigenvalue weighted by Gasteiger charge is 2.15. The Balaban J connectivity index is 2.52. The first-order chi connectivity index (χ1) is 9.71. The third-order valence-corrected chi connectivity index (χ3v) is 3.62. The van der Waals surface area contributed by atoms with Crippen molar-refractivity contribution in [3.8, 4) is 22.8 Å². The van der Waals surface area contributed by atoms with Crippen LogP contribution in [0.15, 0.2) is 34.8 Å². The lowest BCUT2D eigenvalue weighted by Gasteiger charge is -2.13. The minimum absolute atomic E-state index is 0.713. The number of benzene rings is 1. The summed E-state index contributed by atoms with van der Waals surface area (Å²) in [6, 6.07) is 9.71. The van der Waals surface area contributed by atoms with E-state index in [0.717, 1.165) is 33.8 Å². The van der Waals surface area contributed by atoms with Gasteiger partial charge in [-0.1, -0.05) is 6.07 Å². The summed E-state index contributed by atoms with van der Waals surface area (Å²) in [7, 11) is 3.26. The van der Waals surface area contributed by atoms with Crippen LogP contribution in [-0.2, 0) is 0 Å². The molecule has 0 amide bonds. The maximum Gasteiger partial charge on any atom is 0.146 e. The van der Waals surface area contributed by atoms with Crippen LogP contribution in [0, 0.1) is 0 Å². The second-order valence-corrected chi connectivity index (χ2v) is 4.89. The molecule has 0 radical (unpaired) electrons. The molecule has 0 unspecified atom stereocenters. The van der Waals surface area contributed by atoms with Crippen LogP contribution in [0.3, 0.4) is 0 Å². The summed E-state index contributed by atoms with van der Waals surface area (Å²) in [5, 5.41) is 3.20. The van der Waals surface area contributed by atoms with Crippen molar-refractivity contribution >= 4 is 21.7 Å². The number of methoxy groups -OCH3 is 2. The number of anilines is 1. The van der Waals surface area contributed by atoms with Gasteiger partial charge in [-0.15, -0.1) is 0 Å². The van der Waals surface area contributed by atoms with Gasteiger partial charge >= 0.3 is 0 Å². The number of nitrogens with one attached hydrogen (secondary N) is 1. The molecule has 0 fully saturated rings. The monoisotopic (exact) mass is 336 g/mol. The Hall–Kier alpha value is -1.75. The van der Waals surface area contributed by atoms with Gasteiger partial charge in [0.2, 0.25) is 0 Å². The maximum absolute atomic E-state index is 5.49. The molecule has 0 spiro atoms. The van der Waals surface area contributed by atoms with Crippen LogP contribution in [0.4, 0.5) is 5.82 Å². The SMILES string of the molecule is CCNc1cccc(-c2ccc(OC)c(Br)c2OC)n1. The molecule has 1 aromatic carbocycles. The number of rotatable bonds is 5. The topological polar surface area (TPSA) is 43.4 Å². The van der Waals surface area contributed by atoms with Gasteiger partial charge in [0.15, 0.2) is 0 Å². The van der Waals surface area contributed by atoms with Crippen LogP contribution in [0.2, 0.25) is 0 Å². The summed E-state index contributed by atoms with van der Waals surface area (Å²) in [6.07, 6.45) is 0. The van der Waals surface area contributed by atoms with Gasteiger partial charge < -0.3 is 14.8 Å². The average molecular weight is 337 g/mol. The largest absolute Gasteiger partial charge is 0.495 e. The Labute approximate surface area is 127 Å². The summed E-state index contributed by atoms with van der Waals surface area (Å²) < 4.78 is 11.6. The number of nitrogens with zero attached hydrogens (tertiary/aromatic N) is 1. The van der Waals surface area contributed by atoms with Crippen molar-refractivity contribution in [2.45, 2.75) is 6.92 Å². The number of hydrogen-bond donors (Lipinski definition) is 1. The number of ether oxygens (including phenoxy) is 2. The molecule has 1 aromatic heterocycles. The first kappa shape index (κ1) is 14.7. The molecule has 4 nitrogen and oxygen atoms in total. The van der Waals surface area contributed by atoms with Gasteiger partial charge in [0.05, 0.1) is 19.9 Å². The number of pyridine rings is 1. The molecule has 1 N–H and O–H groups in total.